The third-order valence-corrected chi connectivity index (χ3v) is 3.09. The summed E-state index contributed by atoms with van der Waals surface area (Å²) in [6.45, 7) is 1.55. The fraction of sp³-hybridized carbons (Fsp3) is 0.364. The van der Waals surface area contributed by atoms with Crippen LogP contribution in [0, 0.1) is 10.1 Å². The van der Waals surface area contributed by atoms with E-state index < -0.39 is 4.92 Å². The summed E-state index contributed by atoms with van der Waals surface area (Å²) in [5.41, 5.74) is 0.726. The summed E-state index contributed by atoms with van der Waals surface area (Å²) in [5, 5.41) is 15.7. The van der Waals surface area contributed by atoms with Gasteiger partial charge in [0.1, 0.15) is 5.02 Å². The highest BCUT2D eigenvalue weighted by Crippen LogP contribution is 2.32. The van der Waals surface area contributed by atoms with E-state index in [1.807, 2.05) is 19.0 Å². The first-order chi connectivity index (χ1) is 8.50. The number of hydrogen-bond acceptors (Lipinski definition) is 4. The summed E-state index contributed by atoms with van der Waals surface area (Å²) < 4.78 is 1.80. The van der Waals surface area contributed by atoms with Crippen LogP contribution in [0.25, 0.3) is 10.9 Å². The van der Waals surface area contributed by atoms with Gasteiger partial charge in [-0.3, -0.25) is 14.8 Å². The van der Waals surface area contributed by atoms with Gasteiger partial charge in [0.2, 0.25) is 0 Å². The maximum atomic E-state index is 10.8. The van der Waals surface area contributed by atoms with Gasteiger partial charge in [-0.25, -0.2) is 0 Å². The van der Waals surface area contributed by atoms with Crippen molar-refractivity contribution in [1.82, 2.24) is 14.7 Å². The van der Waals surface area contributed by atoms with E-state index in [9.17, 15) is 10.1 Å². The van der Waals surface area contributed by atoms with Crippen molar-refractivity contribution in [3.63, 3.8) is 0 Å². The summed E-state index contributed by atoms with van der Waals surface area (Å²) in [7, 11) is 3.95. The SMILES string of the molecule is CN(C)CCn1ncc2c(Cl)c([N+](=O)[O-])ccc21. The van der Waals surface area contributed by atoms with Crippen LogP contribution in [0.2, 0.25) is 5.02 Å². The molecule has 2 rings (SSSR count). The highest BCUT2D eigenvalue weighted by Gasteiger charge is 2.17. The molecule has 0 fully saturated rings. The number of nitro groups is 1. The number of fused-ring (bicyclic) bond motifs is 1. The molecule has 0 aliphatic heterocycles. The Morgan fingerprint density at radius 2 is 2.22 bits per heavy atom. The molecular weight excluding hydrogens is 256 g/mol. The van der Waals surface area contributed by atoms with Crippen LogP contribution in [-0.4, -0.2) is 40.2 Å². The molecular formula is C11H13ClN4O2. The van der Waals surface area contributed by atoms with E-state index in [0.717, 1.165) is 12.1 Å². The van der Waals surface area contributed by atoms with E-state index in [-0.39, 0.29) is 10.7 Å². The molecule has 0 saturated carbocycles. The van der Waals surface area contributed by atoms with Crippen molar-refractivity contribution in [1.29, 1.82) is 0 Å². The summed E-state index contributed by atoms with van der Waals surface area (Å²) in [4.78, 5) is 12.3. The molecule has 0 saturated heterocycles. The molecule has 0 aliphatic rings. The largest absolute Gasteiger partial charge is 0.308 e. The van der Waals surface area contributed by atoms with E-state index in [1.165, 1.54) is 6.07 Å². The Hall–Kier alpha value is -1.66. The predicted octanol–water partition coefficient (Wildman–Crippen LogP) is 2.16. The Balaban J connectivity index is 2.43. The molecule has 0 aliphatic carbocycles. The lowest BCUT2D eigenvalue weighted by Crippen LogP contribution is -2.18. The van der Waals surface area contributed by atoms with Gasteiger partial charge in [0.05, 0.1) is 23.2 Å². The zero-order chi connectivity index (χ0) is 13.3. The highest BCUT2D eigenvalue weighted by molar-refractivity contribution is 6.37. The third kappa shape index (κ3) is 2.30. The maximum absolute atomic E-state index is 10.8. The van der Waals surface area contributed by atoms with Gasteiger partial charge < -0.3 is 4.90 Å². The molecule has 2 aromatic rings. The molecule has 0 N–H and O–H groups in total. The number of nitrogens with zero attached hydrogens (tertiary/aromatic N) is 4. The first-order valence-electron chi connectivity index (χ1n) is 5.44. The van der Waals surface area contributed by atoms with Gasteiger partial charge in [0, 0.05) is 18.0 Å². The average Bonchev–Trinajstić information content (AvgIpc) is 2.70. The smallest absolute Gasteiger partial charge is 0.288 e. The molecule has 0 unspecified atom stereocenters. The molecule has 0 amide bonds. The topological polar surface area (TPSA) is 64.2 Å². The Morgan fingerprint density at radius 3 is 2.83 bits per heavy atom. The van der Waals surface area contributed by atoms with Crippen LogP contribution in [-0.2, 0) is 6.54 Å². The van der Waals surface area contributed by atoms with E-state index in [1.54, 1.807) is 16.9 Å². The second-order valence-corrected chi connectivity index (χ2v) is 4.64. The average molecular weight is 269 g/mol. The van der Waals surface area contributed by atoms with Crippen LogP contribution in [0.3, 0.4) is 0 Å². The second kappa shape index (κ2) is 4.91. The van der Waals surface area contributed by atoms with E-state index in [4.69, 9.17) is 11.6 Å². The van der Waals surface area contributed by atoms with E-state index in [2.05, 4.69) is 5.10 Å². The van der Waals surface area contributed by atoms with Gasteiger partial charge in [0.15, 0.2) is 0 Å². The van der Waals surface area contributed by atoms with Crippen LogP contribution in [0.1, 0.15) is 0 Å². The van der Waals surface area contributed by atoms with Gasteiger partial charge in [-0.1, -0.05) is 11.6 Å². The summed E-state index contributed by atoms with van der Waals surface area (Å²) >= 11 is 6.01. The summed E-state index contributed by atoms with van der Waals surface area (Å²) in [6.07, 6.45) is 1.57. The normalized spacial score (nSPS) is 11.3. The van der Waals surface area contributed by atoms with Crippen LogP contribution >= 0.6 is 11.6 Å². The predicted molar refractivity (Wildman–Crippen MR) is 70.0 cm³/mol. The van der Waals surface area contributed by atoms with Gasteiger partial charge in [0.25, 0.3) is 5.69 Å². The van der Waals surface area contributed by atoms with Crippen molar-refractivity contribution in [3.05, 3.63) is 33.5 Å². The number of hydrogen-bond donors (Lipinski definition) is 0. The second-order valence-electron chi connectivity index (χ2n) is 4.26. The van der Waals surface area contributed by atoms with Crippen molar-refractivity contribution >= 4 is 28.2 Å². The monoisotopic (exact) mass is 268 g/mol. The molecule has 0 bridgehead atoms. The van der Waals surface area contributed by atoms with Gasteiger partial charge in [-0.2, -0.15) is 5.10 Å². The van der Waals surface area contributed by atoms with Crippen molar-refractivity contribution < 1.29 is 4.92 Å². The Labute approximate surface area is 109 Å². The third-order valence-electron chi connectivity index (χ3n) is 2.70. The minimum absolute atomic E-state index is 0.0867. The van der Waals surface area contributed by atoms with Gasteiger partial charge in [-0.15, -0.1) is 0 Å². The van der Waals surface area contributed by atoms with Gasteiger partial charge in [-0.05, 0) is 20.2 Å². The lowest BCUT2D eigenvalue weighted by Gasteiger charge is -2.09. The minimum Gasteiger partial charge on any atom is -0.308 e. The Kier molecular flexibility index (Phi) is 3.49. The molecule has 18 heavy (non-hydrogen) atoms. The number of benzene rings is 1. The highest BCUT2D eigenvalue weighted by atomic mass is 35.5. The first kappa shape index (κ1) is 12.8. The van der Waals surface area contributed by atoms with Gasteiger partial charge >= 0.3 is 0 Å². The lowest BCUT2D eigenvalue weighted by atomic mass is 10.2. The molecule has 0 spiro atoms. The van der Waals surface area contributed by atoms with Crippen molar-refractivity contribution in [2.45, 2.75) is 6.54 Å². The molecule has 0 atom stereocenters. The molecule has 1 aromatic carbocycles. The van der Waals surface area contributed by atoms with Crippen molar-refractivity contribution in [2.24, 2.45) is 0 Å². The molecule has 1 heterocycles. The quantitative estimate of drug-likeness (QED) is 0.630. The van der Waals surface area contributed by atoms with Crippen molar-refractivity contribution in [2.75, 3.05) is 20.6 Å². The molecule has 6 nitrogen and oxygen atoms in total. The standard InChI is InChI=1S/C11H13ClN4O2/c1-14(2)5-6-15-9-3-4-10(16(17)18)11(12)8(9)7-13-15/h3-4,7H,5-6H2,1-2H3. The lowest BCUT2D eigenvalue weighted by molar-refractivity contribution is -0.384. The number of rotatable bonds is 4. The number of aromatic nitrogens is 2. The fourth-order valence-corrected chi connectivity index (χ4v) is 2.00. The van der Waals surface area contributed by atoms with Crippen molar-refractivity contribution in [3.8, 4) is 0 Å². The molecule has 1 aromatic heterocycles. The maximum Gasteiger partial charge on any atom is 0.288 e. The number of nitro benzene ring substituents is 1. The summed E-state index contributed by atoms with van der Waals surface area (Å²) in [5.74, 6) is 0. The van der Waals surface area contributed by atoms with Crippen LogP contribution in [0.5, 0.6) is 0 Å². The first-order valence-corrected chi connectivity index (χ1v) is 5.81. The van der Waals surface area contributed by atoms with Crippen LogP contribution < -0.4 is 0 Å². The number of likely N-dealkylation sites (N-methyl/N-ethyl adjacent to an activating group) is 1. The van der Waals surface area contributed by atoms with Crippen LogP contribution in [0.4, 0.5) is 5.69 Å². The zero-order valence-electron chi connectivity index (χ0n) is 10.1. The summed E-state index contributed by atoms with van der Waals surface area (Å²) in [6, 6.07) is 3.10. The van der Waals surface area contributed by atoms with Crippen LogP contribution in [0.15, 0.2) is 18.3 Å². The van der Waals surface area contributed by atoms with E-state index >= 15 is 0 Å². The van der Waals surface area contributed by atoms with E-state index in [0.29, 0.717) is 11.9 Å². The number of halogens is 1. The molecule has 7 heteroatoms. The molecule has 0 radical (unpaired) electrons. The fourth-order valence-electron chi connectivity index (χ4n) is 1.72. The Morgan fingerprint density at radius 1 is 1.50 bits per heavy atom. The zero-order valence-corrected chi connectivity index (χ0v) is 10.9. The minimum atomic E-state index is -0.487. The Bertz CT molecular complexity index is 594. The molecule has 96 valence electrons.